The van der Waals surface area contributed by atoms with Gasteiger partial charge >= 0.3 is 0 Å². The monoisotopic (exact) mass is 544 g/mol. The topological polar surface area (TPSA) is 107 Å². The zero-order chi connectivity index (χ0) is 27.3. The summed E-state index contributed by atoms with van der Waals surface area (Å²) in [7, 11) is -3.89. The largest absolute Gasteiger partial charge is 0.397 e. The Morgan fingerprint density at radius 2 is 1.72 bits per heavy atom. The van der Waals surface area contributed by atoms with Crippen LogP contribution in [0.2, 0.25) is 0 Å². The first-order valence-corrected chi connectivity index (χ1v) is 14.3. The number of hydrogen-bond acceptors (Lipinski definition) is 6. The van der Waals surface area contributed by atoms with Crippen molar-refractivity contribution < 1.29 is 17.9 Å². The van der Waals surface area contributed by atoms with Crippen molar-refractivity contribution in [3.05, 3.63) is 115 Å². The fourth-order valence-electron chi connectivity index (χ4n) is 4.81. The molecule has 5 rings (SSSR count). The lowest BCUT2D eigenvalue weighted by Gasteiger charge is -2.37. The fourth-order valence-corrected chi connectivity index (χ4v) is 6.53. The molecule has 0 spiro atoms. The van der Waals surface area contributed by atoms with Crippen molar-refractivity contribution in [3.63, 3.8) is 0 Å². The third-order valence-electron chi connectivity index (χ3n) is 7.02. The molecule has 0 radical (unpaired) electrons. The van der Waals surface area contributed by atoms with E-state index in [4.69, 9.17) is 10.5 Å². The summed E-state index contributed by atoms with van der Waals surface area (Å²) < 4.78 is 33.8. The molecule has 0 saturated carbocycles. The highest BCUT2D eigenvalue weighted by atomic mass is 32.2. The molecule has 0 atom stereocenters. The first-order chi connectivity index (χ1) is 18.9. The zero-order valence-corrected chi connectivity index (χ0v) is 22.3. The number of rotatable bonds is 8. The quantitative estimate of drug-likeness (QED) is 0.253. The van der Waals surface area contributed by atoms with E-state index in [9.17, 15) is 13.2 Å². The molecule has 1 fully saturated rings. The van der Waals surface area contributed by atoms with Crippen molar-refractivity contribution in [3.8, 4) is 0 Å². The third kappa shape index (κ3) is 5.90. The Morgan fingerprint density at radius 1 is 1.03 bits per heavy atom. The maximum Gasteiger partial charge on any atom is 0.252 e. The highest BCUT2D eigenvalue weighted by molar-refractivity contribution is 7.91. The van der Waals surface area contributed by atoms with E-state index in [-0.39, 0.29) is 11.8 Å². The molecule has 2 aromatic carbocycles. The molecule has 1 aliphatic heterocycles. The van der Waals surface area contributed by atoms with Crippen molar-refractivity contribution in [1.29, 1.82) is 0 Å². The molecule has 2 heterocycles. The number of carbonyl (C=O) groups excluding carboxylic acids is 1. The van der Waals surface area contributed by atoms with E-state index in [0.29, 0.717) is 49.8 Å². The van der Waals surface area contributed by atoms with Gasteiger partial charge < -0.3 is 15.8 Å². The van der Waals surface area contributed by atoms with Crippen LogP contribution in [0.1, 0.15) is 17.0 Å². The van der Waals surface area contributed by atoms with E-state index in [1.807, 2.05) is 54.6 Å². The van der Waals surface area contributed by atoms with Gasteiger partial charge in [0, 0.05) is 44.0 Å². The second-order valence-electron chi connectivity index (χ2n) is 9.69. The third-order valence-corrected chi connectivity index (χ3v) is 9.17. The average molecular weight is 545 g/mol. The van der Waals surface area contributed by atoms with Crippen LogP contribution in [-0.2, 0) is 19.6 Å². The highest BCUT2D eigenvalue weighted by Gasteiger charge is 2.43. The van der Waals surface area contributed by atoms with Crippen LogP contribution in [0.3, 0.4) is 0 Å². The van der Waals surface area contributed by atoms with Crippen LogP contribution in [-0.4, -0.2) is 60.8 Å². The molecule has 202 valence electrons. The maximum absolute atomic E-state index is 14.1. The van der Waals surface area contributed by atoms with Gasteiger partial charge in [0.15, 0.2) is 0 Å². The Balaban J connectivity index is 1.38. The van der Waals surface area contributed by atoms with E-state index in [0.717, 1.165) is 5.56 Å². The number of hydrogen-bond donors (Lipinski definition) is 2. The second-order valence-corrected chi connectivity index (χ2v) is 11.8. The van der Waals surface area contributed by atoms with Gasteiger partial charge in [0.05, 0.1) is 24.6 Å². The number of carbonyl (C=O) groups is 1. The van der Waals surface area contributed by atoms with Crippen LogP contribution in [0.5, 0.6) is 0 Å². The number of amides is 1. The number of nitrogens with two attached hydrogens (primary N) is 1. The molecule has 39 heavy (non-hydrogen) atoms. The van der Waals surface area contributed by atoms with Gasteiger partial charge in [-0.05, 0) is 35.4 Å². The Kier molecular flexibility index (Phi) is 7.83. The lowest BCUT2D eigenvalue weighted by molar-refractivity contribution is -0.111. The van der Waals surface area contributed by atoms with E-state index in [1.54, 1.807) is 36.4 Å². The molecular weight excluding hydrogens is 512 g/mol. The van der Waals surface area contributed by atoms with Crippen molar-refractivity contribution in [2.75, 3.05) is 43.9 Å². The van der Waals surface area contributed by atoms with Gasteiger partial charge in [-0.3, -0.25) is 13.7 Å². The van der Waals surface area contributed by atoms with Crippen molar-refractivity contribution in [1.82, 2.24) is 8.87 Å². The minimum Gasteiger partial charge on any atom is -0.397 e. The number of allylic oxidation sites excluding steroid dienone is 2. The molecule has 3 aromatic rings. The molecule has 1 saturated heterocycles. The molecule has 8 nitrogen and oxygen atoms in total. The van der Waals surface area contributed by atoms with Crippen LogP contribution in [0.4, 0.5) is 11.4 Å². The number of morpholine rings is 1. The number of nitrogen functional groups attached to an aromatic ring is 1. The SMILES string of the molecule is Nc1ccccc1NC(=O)/C=C/c1ccn(S(=O)(=O)C2(CN3CCOCC3)C=CC(c3ccccc3)C=C2)c1. The van der Waals surface area contributed by atoms with E-state index < -0.39 is 14.8 Å². The smallest absolute Gasteiger partial charge is 0.252 e. The predicted molar refractivity (Wildman–Crippen MR) is 155 cm³/mol. The summed E-state index contributed by atoms with van der Waals surface area (Å²) in [5, 5.41) is 2.73. The Bertz CT molecular complexity index is 1490. The maximum atomic E-state index is 14.1. The van der Waals surface area contributed by atoms with Gasteiger partial charge in [0.2, 0.25) is 5.91 Å². The van der Waals surface area contributed by atoms with Crippen LogP contribution in [0.15, 0.2) is 103 Å². The van der Waals surface area contributed by atoms with E-state index >= 15 is 0 Å². The summed E-state index contributed by atoms with van der Waals surface area (Å²) in [5.74, 6) is -0.364. The van der Waals surface area contributed by atoms with Gasteiger partial charge in [-0.1, -0.05) is 66.8 Å². The fraction of sp³-hybridized carbons (Fsp3) is 0.233. The van der Waals surface area contributed by atoms with Crippen LogP contribution < -0.4 is 11.1 Å². The zero-order valence-electron chi connectivity index (χ0n) is 21.5. The first-order valence-electron chi connectivity index (χ1n) is 12.9. The lowest BCUT2D eigenvalue weighted by atomic mass is 9.90. The normalized spacial score (nSPS) is 21.8. The van der Waals surface area contributed by atoms with Crippen LogP contribution in [0, 0.1) is 0 Å². The summed E-state index contributed by atoms with van der Waals surface area (Å²) in [6.45, 7) is 2.80. The molecule has 3 N–H and O–H groups in total. The summed E-state index contributed by atoms with van der Waals surface area (Å²) in [6, 6.07) is 18.7. The molecule has 0 bridgehead atoms. The first kappa shape index (κ1) is 26.7. The van der Waals surface area contributed by atoms with Gasteiger partial charge in [-0.25, -0.2) is 8.42 Å². The molecule has 0 unspecified atom stereocenters. The number of aromatic nitrogens is 1. The molecule has 2 aliphatic rings. The molecule has 1 aliphatic carbocycles. The van der Waals surface area contributed by atoms with E-state index in [2.05, 4.69) is 10.2 Å². The number of para-hydroxylation sites is 2. The minimum absolute atomic E-state index is 0.000431. The van der Waals surface area contributed by atoms with Crippen LogP contribution in [0.25, 0.3) is 6.08 Å². The van der Waals surface area contributed by atoms with Gasteiger partial charge in [-0.15, -0.1) is 0 Å². The van der Waals surface area contributed by atoms with Crippen molar-refractivity contribution >= 4 is 33.4 Å². The number of nitrogens with zero attached hydrogens (tertiary/aromatic N) is 2. The molecule has 1 aromatic heterocycles. The standard InChI is InChI=1S/C30H32N4O4S/c31-27-8-4-5-9-28(27)32-29(35)11-10-24-14-17-34(22-24)39(36,37)30(23-33-18-20-38-21-19-33)15-12-26(13-16-30)25-6-2-1-3-7-25/h1-17,22,26H,18-21,23,31H2,(H,32,35)/b11-10+. The number of ether oxygens (including phenoxy) is 1. The number of anilines is 2. The Hall–Kier alpha value is -3.92. The van der Waals surface area contributed by atoms with E-state index in [1.165, 1.54) is 22.4 Å². The number of nitrogens with one attached hydrogen (secondary N) is 1. The predicted octanol–water partition coefficient (Wildman–Crippen LogP) is 3.88. The molecular formula is C30H32N4O4S. The minimum atomic E-state index is -3.89. The van der Waals surface area contributed by atoms with Crippen molar-refractivity contribution in [2.24, 2.45) is 0 Å². The van der Waals surface area contributed by atoms with Gasteiger partial charge in [-0.2, -0.15) is 0 Å². The van der Waals surface area contributed by atoms with Gasteiger partial charge in [0.25, 0.3) is 10.0 Å². The Morgan fingerprint density at radius 3 is 2.44 bits per heavy atom. The average Bonchev–Trinajstić information content (AvgIpc) is 3.45. The van der Waals surface area contributed by atoms with Gasteiger partial charge in [0.1, 0.15) is 4.75 Å². The van der Waals surface area contributed by atoms with Crippen LogP contribution >= 0.6 is 0 Å². The Labute approximate surface area is 229 Å². The summed E-state index contributed by atoms with van der Waals surface area (Å²) >= 11 is 0. The summed E-state index contributed by atoms with van der Waals surface area (Å²) in [5.41, 5.74) is 8.56. The molecule has 1 amide bonds. The highest BCUT2D eigenvalue weighted by Crippen LogP contribution is 2.34. The summed E-state index contributed by atoms with van der Waals surface area (Å²) in [6.07, 6.45) is 13.6. The summed E-state index contributed by atoms with van der Waals surface area (Å²) in [4.78, 5) is 14.5. The lowest BCUT2D eigenvalue weighted by Crippen LogP contribution is -2.51. The molecule has 9 heteroatoms. The number of benzene rings is 2. The second kappa shape index (κ2) is 11.4. The van der Waals surface area contributed by atoms with Crippen molar-refractivity contribution in [2.45, 2.75) is 10.7 Å².